The van der Waals surface area contributed by atoms with Crippen molar-refractivity contribution in [3.8, 4) is 0 Å². The predicted molar refractivity (Wildman–Crippen MR) is 92.9 cm³/mol. The van der Waals surface area contributed by atoms with E-state index in [1.165, 1.54) is 18.4 Å². The Balaban J connectivity index is 0.00000242. The van der Waals surface area contributed by atoms with Gasteiger partial charge in [-0.05, 0) is 56.0 Å². The van der Waals surface area contributed by atoms with Crippen LogP contribution in [-0.2, 0) is 10.2 Å². The summed E-state index contributed by atoms with van der Waals surface area (Å²) in [5.41, 5.74) is 1.96. The lowest BCUT2D eigenvalue weighted by Crippen LogP contribution is -2.31. The quantitative estimate of drug-likeness (QED) is 0.782. The first-order chi connectivity index (χ1) is 9.86. The molecule has 1 saturated heterocycles. The molecule has 3 nitrogen and oxygen atoms in total. The normalized spacial score (nSPS) is 16.9. The molecule has 0 amide bonds. The monoisotopic (exact) mass is 325 g/mol. The topological polar surface area (TPSA) is 29.5 Å². The van der Waals surface area contributed by atoms with Crippen molar-refractivity contribution in [1.82, 2.24) is 4.90 Å². The number of hydrogen-bond acceptors (Lipinski definition) is 3. The van der Waals surface area contributed by atoms with Crippen molar-refractivity contribution in [2.75, 3.05) is 19.6 Å². The Morgan fingerprint density at radius 2 is 1.73 bits per heavy atom. The van der Waals surface area contributed by atoms with Crippen molar-refractivity contribution in [1.29, 1.82) is 0 Å². The van der Waals surface area contributed by atoms with Crippen molar-refractivity contribution < 1.29 is 9.53 Å². The van der Waals surface area contributed by atoms with E-state index < -0.39 is 0 Å². The maximum Gasteiger partial charge on any atom is 0.338 e. The van der Waals surface area contributed by atoms with Crippen molar-refractivity contribution in [3.05, 3.63) is 35.4 Å². The summed E-state index contributed by atoms with van der Waals surface area (Å²) in [5.74, 6) is -0.220. The maximum absolute atomic E-state index is 12.1. The van der Waals surface area contributed by atoms with E-state index in [4.69, 9.17) is 4.74 Å². The molecule has 0 N–H and O–H groups in total. The highest BCUT2D eigenvalue weighted by atomic mass is 35.5. The molecule has 0 radical (unpaired) electrons. The summed E-state index contributed by atoms with van der Waals surface area (Å²) < 4.78 is 5.54. The Bertz CT molecular complexity index is 473. The molecule has 0 aliphatic carbocycles. The lowest BCUT2D eigenvalue weighted by molar-refractivity contribution is 0.0271. The van der Waals surface area contributed by atoms with Gasteiger partial charge in [0, 0.05) is 6.54 Å². The second kappa shape index (κ2) is 7.98. The number of carbonyl (C=O) groups excluding carboxylic acids is 1. The Labute approximate surface area is 140 Å². The Morgan fingerprint density at radius 3 is 2.23 bits per heavy atom. The Kier molecular flexibility index (Phi) is 6.89. The van der Waals surface area contributed by atoms with Crippen LogP contribution in [0.2, 0.25) is 0 Å². The summed E-state index contributed by atoms with van der Waals surface area (Å²) in [6.07, 6.45) is 2.46. The van der Waals surface area contributed by atoms with Crippen LogP contribution < -0.4 is 0 Å². The number of ether oxygens (including phenoxy) is 1. The van der Waals surface area contributed by atoms with Gasteiger partial charge in [0.15, 0.2) is 0 Å². The number of hydrogen-bond donors (Lipinski definition) is 0. The average molecular weight is 326 g/mol. The van der Waals surface area contributed by atoms with Crippen molar-refractivity contribution >= 4 is 18.4 Å². The molecule has 0 spiro atoms. The van der Waals surface area contributed by atoms with Crippen LogP contribution in [0.1, 0.15) is 56.5 Å². The molecule has 0 aromatic heterocycles. The Morgan fingerprint density at radius 1 is 1.18 bits per heavy atom. The fourth-order valence-corrected chi connectivity index (χ4v) is 2.72. The lowest BCUT2D eigenvalue weighted by atomic mass is 9.87. The molecule has 1 fully saturated rings. The summed E-state index contributed by atoms with van der Waals surface area (Å²) in [6, 6.07) is 7.76. The minimum Gasteiger partial charge on any atom is -0.458 e. The first-order valence-corrected chi connectivity index (χ1v) is 7.90. The molecular weight excluding hydrogens is 298 g/mol. The minimum atomic E-state index is -0.220. The average Bonchev–Trinajstić information content (AvgIpc) is 2.90. The molecule has 1 atom stereocenters. The highest BCUT2D eigenvalue weighted by molar-refractivity contribution is 5.89. The van der Waals surface area contributed by atoms with Crippen LogP contribution in [0.3, 0.4) is 0 Å². The van der Waals surface area contributed by atoms with Crippen LogP contribution >= 0.6 is 12.4 Å². The predicted octanol–water partition coefficient (Wildman–Crippen LogP) is 4.05. The van der Waals surface area contributed by atoms with E-state index in [2.05, 4.69) is 25.7 Å². The van der Waals surface area contributed by atoms with Crippen LogP contribution in [0.4, 0.5) is 0 Å². The van der Waals surface area contributed by atoms with Gasteiger partial charge in [0.2, 0.25) is 0 Å². The standard InChI is InChI=1S/C18H27NO2.ClH/c1-14(13-19-11-5-6-12-19)21-17(20)15-7-9-16(10-8-15)18(2,3)4;/h7-10,14H,5-6,11-13H2,1-4H3;1H. The number of esters is 1. The molecule has 2 rings (SSSR count). The van der Waals surface area contributed by atoms with Crippen molar-refractivity contribution in [2.24, 2.45) is 0 Å². The summed E-state index contributed by atoms with van der Waals surface area (Å²) in [5, 5.41) is 0. The number of halogens is 1. The summed E-state index contributed by atoms with van der Waals surface area (Å²) in [4.78, 5) is 14.5. The van der Waals surface area contributed by atoms with Gasteiger partial charge in [-0.1, -0.05) is 32.9 Å². The molecule has 124 valence electrons. The van der Waals surface area contributed by atoms with E-state index in [1.54, 1.807) is 0 Å². The number of carbonyl (C=O) groups is 1. The van der Waals surface area contributed by atoms with Gasteiger partial charge in [-0.25, -0.2) is 4.79 Å². The van der Waals surface area contributed by atoms with E-state index in [1.807, 2.05) is 31.2 Å². The maximum atomic E-state index is 12.1. The summed E-state index contributed by atoms with van der Waals surface area (Å²) in [7, 11) is 0. The molecule has 22 heavy (non-hydrogen) atoms. The summed E-state index contributed by atoms with van der Waals surface area (Å²) >= 11 is 0. The van der Waals surface area contributed by atoms with Gasteiger partial charge < -0.3 is 4.74 Å². The third kappa shape index (κ3) is 5.29. The largest absolute Gasteiger partial charge is 0.458 e. The second-order valence-corrected chi connectivity index (χ2v) is 7.05. The second-order valence-electron chi connectivity index (χ2n) is 7.05. The van der Waals surface area contributed by atoms with Gasteiger partial charge in [0.25, 0.3) is 0 Å². The molecule has 1 heterocycles. The van der Waals surface area contributed by atoms with Gasteiger partial charge in [-0.15, -0.1) is 12.4 Å². The van der Waals surface area contributed by atoms with E-state index in [0.717, 1.165) is 19.6 Å². The molecular formula is C18H28ClNO2. The van der Waals surface area contributed by atoms with Crippen LogP contribution in [0.15, 0.2) is 24.3 Å². The lowest BCUT2D eigenvalue weighted by Gasteiger charge is -2.21. The molecule has 0 saturated carbocycles. The van der Waals surface area contributed by atoms with E-state index >= 15 is 0 Å². The zero-order valence-corrected chi connectivity index (χ0v) is 14.9. The van der Waals surface area contributed by atoms with E-state index in [9.17, 15) is 4.79 Å². The number of benzene rings is 1. The van der Waals surface area contributed by atoms with E-state index in [-0.39, 0.29) is 29.9 Å². The Hall–Kier alpha value is -1.06. The molecule has 1 aliphatic heterocycles. The number of likely N-dealkylation sites (tertiary alicyclic amines) is 1. The van der Waals surface area contributed by atoms with Crippen molar-refractivity contribution in [2.45, 2.75) is 52.1 Å². The van der Waals surface area contributed by atoms with Gasteiger partial charge in [0.1, 0.15) is 6.10 Å². The fourth-order valence-electron chi connectivity index (χ4n) is 2.72. The van der Waals surface area contributed by atoms with Gasteiger partial charge in [-0.2, -0.15) is 0 Å². The molecule has 4 heteroatoms. The zero-order chi connectivity index (χ0) is 15.5. The van der Waals surface area contributed by atoms with Crippen LogP contribution in [0.25, 0.3) is 0 Å². The minimum absolute atomic E-state index is 0. The van der Waals surface area contributed by atoms with Gasteiger partial charge in [-0.3, -0.25) is 4.90 Å². The van der Waals surface area contributed by atoms with Crippen LogP contribution in [0, 0.1) is 0 Å². The third-order valence-electron chi connectivity index (χ3n) is 4.01. The van der Waals surface area contributed by atoms with Gasteiger partial charge >= 0.3 is 5.97 Å². The van der Waals surface area contributed by atoms with Crippen molar-refractivity contribution in [3.63, 3.8) is 0 Å². The smallest absolute Gasteiger partial charge is 0.338 e. The molecule has 1 unspecified atom stereocenters. The summed E-state index contributed by atoms with van der Waals surface area (Å²) in [6.45, 7) is 11.6. The molecule has 0 bridgehead atoms. The molecule has 1 aromatic carbocycles. The third-order valence-corrected chi connectivity index (χ3v) is 4.01. The van der Waals surface area contributed by atoms with Crippen LogP contribution in [0.5, 0.6) is 0 Å². The first-order valence-electron chi connectivity index (χ1n) is 7.90. The van der Waals surface area contributed by atoms with Gasteiger partial charge in [0.05, 0.1) is 5.56 Å². The first kappa shape index (κ1) is 19.0. The number of rotatable bonds is 4. The van der Waals surface area contributed by atoms with E-state index in [0.29, 0.717) is 5.56 Å². The highest BCUT2D eigenvalue weighted by Crippen LogP contribution is 2.22. The zero-order valence-electron chi connectivity index (χ0n) is 14.1. The fraction of sp³-hybridized carbons (Fsp3) is 0.611. The van der Waals surface area contributed by atoms with Crippen LogP contribution in [-0.4, -0.2) is 36.6 Å². The highest BCUT2D eigenvalue weighted by Gasteiger charge is 2.19. The molecule has 1 aromatic rings. The SMILES string of the molecule is CC(CN1CCCC1)OC(=O)c1ccc(C(C)(C)C)cc1.Cl. The number of nitrogens with zero attached hydrogens (tertiary/aromatic N) is 1. The molecule has 1 aliphatic rings.